The SMILES string of the molecule is C.C[C@H](C(=O)N1CC2[C@@H]([C@H]1CO)C21CC1)C(C)(C)C.O=C1N[C@H](CO)[C@@H]2C1C21CC1. The first-order valence-corrected chi connectivity index (χ1v) is 11.4. The molecular weight excluding hydrogens is 380 g/mol. The molecule has 0 bridgehead atoms. The van der Waals surface area contributed by atoms with Gasteiger partial charge in [-0.25, -0.2) is 0 Å². The van der Waals surface area contributed by atoms with Crippen LogP contribution >= 0.6 is 0 Å². The summed E-state index contributed by atoms with van der Waals surface area (Å²) in [5.41, 5.74) is 0.950. The summed E-state index contributed by atoms with van der Waals surface area (Å²) in [6.45, 7) is 9.52. The van der Waals surface area contributed by atoms with Gasteiger partial charge in [0, 0.05) is 18.4 Å². The molecule has 6 rings (SSSR count). The van der Waals surface area contributed by atoms with E-state index in [2.05, 4.69) is 26.1 Å². The molecule has 6 aliphatic rings. The van der Waals surface area contributed by atoms with Crippen molar-refractivity contribution in [2.45, 2.75) is 72.9 Å². The molecule has 2 amide bonds. The van der Waals surface area contributed by atoms with E-state index in [0.29, 0.717) is 28.6 Å². The Morgan fingerprint density at radius 3 is 2.17 bits per heavy atom. The lowest BCUT2D eigenvalue weighted by molar-refractivity contribution is -0.141. The first-order valence-electron chi connectivity index (χ1n) is 11.4. The summed E-state index contributed by atoms with van der Waals surface area (Å²) < 4.78 is 0. The highest BCUT2D eigenvalue weighted by Crippen LogP contribution is 2.79. The van der Waals surface area contributed by atoms with E-state index < -0.39 is 0 Å². The van der Waals surface area contributed by atoms with Crippen molar-refractivity contribution in [2.75, 3.05) is 19.8 Å². The fourth-order valence-corrected chi connectivity index (χ4v) is 6.92. The number of likely N-dealkylation sites (tertiary alicyclic amines) is 1. The van der Waals surface area contributed by atoms with Crippen molar-refractivity contribution in [2.24, 2.45) is 45.8 Å². The number of hydrogen-bond acceptors (Lipinski definition) is 4. The number of carbonyl (C=O) groups is 2. The van der Waals surface area contributed by atoms with Crippen molar-refractivity contribution in [1.82, 2.24) is 10.2 Å². The van der Waals surface area contributed by atoms with Crippen LogP contribution < -0.4 is 5.32 Å². The molecule has 4 saturated carbocycles. The van der Waals surface area contributed by atoms with Crippen molar-refractivity contribution in [3.05, 3.63) is 0 Å². The van der Waals surface area contributed by atoms with Crippen LogP contribution in [0.2, 0.25) is 0 Å². The summed E-state index contributed by atoms with van der Waals surface area (Å²) >= 11 is 0. The first kappa shape index (κ1) is 22.1. The highest BCUT2D eigenvalue weighted by Gasteiger charge is 2.79. The van der Waals surface area contributed by atoms with Gasteiger partial charge in [-0.05, 0) is 59.7 Å². The van der Waals surface area contributed by atoms with Gasteiger partial charge in [-0.1, -0.05) is 35.1 Å². The van der Waals surface area contributed by atoms with E-state index >= 15 is 0 Å². The van der Waals surface area contributed by atoms with Gasteiger partial charge >= 0.3 is 0 Å². The Hall–Kier alpha value is -1.14. The van der Waals surface area contributed by atoms with Crippen LogP contribution in [0.1, 0.15) is 60.8 Å². The topological polar surface area (TPSA) is 89.9 Å². The molecular formula is C24H40N2O4. The third-order valence-corrected chi connectivity index (χ3v) is 9.50. The molecule has 3 N–H and O–H groups in total. The van der Waals surface area contributed by atoms with Gasteiger partial charge in [-0.15, -0.1) is 0 Å². The maximum atomic E-state index is 12.6. The standard InChI is InChI=1S/C15H25NO2.C8H11NO2.CH4/c1-9(14(2,3)4)13(18)16-7-10-12(11(16)8-17)15(10)5-6-15;10-3-4-5-6(7(11)9-4)8(5)1-2-8;/h9-12,17H,5-8H2,1-4H3;4-6,10H,1-3H2,(H,9,11);1H4/t9-,10?,11-,12+;4-,5-,6?;/m11./s1. The second kappa shape index (κ2) is 6.68. The van der Waals surface area contributed by atoms with E-state index in [-0.39, 0.29) is 61.8 Å². The number of aliphatic hydroxyl groups is 2. The highest BCUT2D eigenvalue weighted by molar-refractivity contribution is 5.88. The maximum absolute atomic E-state index is 12.6. The van der Waals surface area contributed by atoms with Gasteiger partial charge in [0.25, 0.3) is 0 Å². The highest BCUT2D eigenvalue weighted by atomic mass is 16.3. The Labute approximate surface area is 180 Å². The summed E-state index contributed by atoms with van der Waals surface area (Å²) in [5.74, 6) is 2.53. The fraction of sp³-hybridized carbons (Fsp3) is 0.917. The number of carbonyl (C=O) groups excluding carboxylic acids is 2. The molecule has 6 nitrogen and oxygen atoms in total. The van der Waals surface area contributed by atoms with Crippen LogP contribution in [0.5, 0.6) is 0 Å². The molecule has 2 unspecified atom stereocenters. The number of nitrogens with zero attached hydrogens (tertiary/aromatic N) is 1. The summed E-state index contributed by atoms with van der Waals surface area (Å²) in [6.07, 6.45) is 5.09. The number of nitrogens with one attached hydrogen (secondary N) is 1. The van der Waals surface area contributed by atoms with Gasteiger partial charge in [-0.2, -0.15) is 0 Å². The normalized spacial score (nSPS) is 40.5. The van der Waals surface area contributed by atoms with E-state index in [9.17, 15) is 14.7 Å². The van der Waals surface area contributed by atoms with Crippen molar-refractivity contribution in [1.29, 1.82) is 0 Å². The number of fused-ring (bicyclic) bond motifs is 6. The minimum Gasteiger partial charge on any atom is -0.394 e. The Kier molecular flexibility index (Phi) is 4.91. The zero-order chi connectivity index (χ0) is 20.9. The third-order valence-electron chi connectivity index (χ3n) is 9.50. The summed E-state index contributed by atoms with van der Waals surface area (Å²) in [6, 6.07) is 0.185. The molecule has 2 spiro atoms. The van der Waals surface area contributed by atoms with Gasteiger partial charge in [0.05, 0.1) is 25.3 Å². The predicted molar refractivity (Wildman–Crippen MR) is 114 cm³/mol. The minimum absolute atomic E-state index is 0. The number of rotatable bonds is 3. The molecule has 2 aliphatic heterocycles. The molecule has 4 aliphatic carbocycles. The average molecular weight is 421 g/mol. The molecule has 2 heterocycles. The molecule has 0 aromatic heterocycles. The lowest BCUT2D eigenvalue weighted by Crippen LogP contribution is -2.46. The van der Waals surface area contributed by atoms with Crippen LogP contribution in [-0.2, 0) is 9.59 Å². The molecule has 2 saturated heterocycles. The van der Waals surface area contributed by atoms with Crippen molar-refractivity contribution in [3.8, 4) is 0 Å². The molecule has 6 fully saturated rings. The van der Waals surface area contributed by atoms with Crippen molar-refractivity contribution in [3.63, 3.8) is 0 Å². The Morgan fingerprint density at radius 2 is 1.73 bits per heavy atom. The van der Waals surface area contributed by atoms with Crippen molar-refractivity contribution < 1.29 is 19.8 Å². The van der Waals surface area contributed by atoms with E-state index in [1.165, 1.54) is 25.7 Å². The Morgan fingerprint density at radius 1 is 1.13 bits per heavy atom. The summed E-state index contributed by atoms with van der Waals surface area (Å²) in [4.78, 5) is 25.8. The number of aliphatic hydroxyl groups excluding tert-OH is 2. The smallest absolute Gasteiger partial charge is 0.226 e. The van der Waals surface area contributed by atoms with Gasteiger partial charge in [0.1, 0.15) is 0 Å². The van der Waals surface area contributed by atoms with E-state index in [1.807, 2.05) is 11.8 Å². The lowest BCUT2D eigenvalue weighted by atomic mass is 9.81. The largest absolute Gasteiger partial charge is 0.394 e. The van der Waals surface area contributed by atoms with Crippen LogP contribution in [-0.4, -0.2) is 58.8 Å². The van der Waals surface area contributed by atoms with Crippen LogP contribution in [0, 0.1) is 45.8 Å². The monoisotopic (exact) mass is 420 g/mol. The predicted octanol–water partition coefficient (Wildman–Crippen LogP) is 2.04. The van der Waals surface area contributed by atoms with Gasteiger partial charge < -0.3 is 20.4 Å². The number of hydrogen-bond donors (Lipinski definition) is 3. The minimum atomic E-state index is 0. The fourth-order valence-electron chi connectivity index (χ4n) is 6.92. The zero-order valence-corrected chi connectivity index (χ0v) is 18.1. The first-order chi connectivity index (χ1) is 13.6. The van der Waals surface area contributed by atoms with Crippen LogP contribution in [0.4, 0.5) is 0 Å². The van der Waals surface area contributed by atoms with Gasteiger partial charge in [0.2, 0.25) is 11.8 Å². The molecule has 6 heteroatoms. The third kappa shape index (κ3) is 2.89. The molecule has 7 atom stereocenters. The lowest BCUT2D eigenvalue weighted by Gasteiger charge is -2.35. The van der Waals surface area contributed by atoms with E-state index in [0.717, 1.165) is 6.54 Å². The molecule has 0 radical (unpaired) electrons. The molecule has 0 aromatic rings. The van der Waals surface area contributed by atoms with Crippen LogP contribution in [0.15, 0.2) is 0 Å². The second-order valence-corrected chi connectivity index (χ2v) is 11.7. The zero-order valence-electron chi connectivity index (χ0n) is 18.1. The van der Waals surface area contributed by atoms with Crippen molar-refractivity contribution >= 4 is 11.8 Å². The Balaban J connectivity index is 0.000000155. The van der Waals surface area contributed by atoms with Crippen LogP contribution in [0.3, 0.4) is 0 Å². The Bertz CT molecular complexity index is 736. The second-order valence-electron chi connectivity index (χ2n) is 11.7. The summed E-state index contributed by atoms with van der Waals surface area (Å²) in [5, 5.41) is 21.4. The molecule has 170 valence electrons. The quantitative estimate of drug-likeness (QED) is 0.652. The maximum Gasteiger partial charge on any atom is 0.226 e. The number of piperidine rings is 2. The van der Waals surface area contributed by atoms with E-state index in [1.54, 1.807) is 0 Å². The number of amides is 2. The van der Waals surface area contributed by atoms with Gasteiger partial charge in [0.15, 0.2) is 0 Å². The average Bonchev–Trinajstić information content (AvgIpc) is 3.64. The molecule has 0 aromatic carbocycles. The van der Waals surface area contributed by atoms with Crippen LogP contribution in [0.25, 0.3) is 0 Å². The summed E-state index contributed by atoms with van der Waals surface area (Å²) in [7, 11) is 0. The van der Waals surface area contributed by atoms with Gasteiger partial charge in [-0.3, -0.25) is 9.59 Å². The molecule has 30 heavy (non-hydrogen) atoms. The van der Waals surface area contributed by atoms with E-state index in [4.69, 9.17) is 5.11 Å².